The molecule has 0 aromatic rings. The average molecular weight is 260 g/mol. The second-order valence-corrected chi connectivity index (χ2v) is 4.08. The Bertz CT molecular complexity index is 382. The summed E-state index contributed by atoms with van der Waals surface area (Å²) in [5.74, 6) is -1.07. The Labute approximate surface area is 129 Å². The Morgan fingerprint density at radius 2 is 1.83 bits per heavy atom. The monoisotopic (exact) mass is 260 g/mol. The van der Waals surface area contributed by atoms with Gasteiger partial charge in [0.25, 0.3) is 0 Å². The number of hydrogen-bond donors (Lipinski definition) is 0. The van der Waals surface area contributed by atoms with Crippen LogP contribution in [0.5, 0.6) is 0 Å². The SMILES string of the molecule is CC/C=C/CC1(CC)C(=O)[N-]C(=O)N(C)C1=O.[Na+]. The molecule has 1 fully saturated rings. The van der Waals surface area contributed by atoms with Crippen molar-refractivity contribution in [2.45, 2.75) is 33.1 Å². The molecule has 18 heavy (non-hydrogen) atoms. The molecule has 0 N–H and O–H groups in total. The van der Waals surface area contributed by atoms with Gasteiger partial charge in [-0.05, 0) is 19.3 Å². The number of urea groups is 1. The normalized spacial score (nSPS) is 24.2. The summed E-state index contributed by atoms with van der Waals surface area (Å²) in [6.45, 7) is 3.73. The second kappa shape index (κ2) is 7.07. The molecule has 4 amide bonds. The predicted molar refractivity (Wildman–Crippen MR) is 63.3 cm³/mol. The van der Waals surface area contributed by atoms with E-state index in [9.17, 15) is 14.4 Å². The first-order chi connectivity index (χ1) is 7.99. The first-order valence-electron chi connectivity index (χ1n) is 5.73. The van der Waals surface area contributed by atoms with E-state index >= 15 is 0 Å². The third-order valence-corrected chi connectivity index (χ3v) is 3.08. The Hall–Kier alpha value is -0.650. The fourth-order valence-corrected chi connectivity index (χ4v) is 1.84. The van der Waals surface area contributed by atoms with Gasteiger partial charge in [0.2, 0.25) is 0 Å². The summed E-state index contributed by atoms with van der Waals surface area (Å²) < 4.78 is 0. The predicted octanol–water partition coefficient (Wildman–Crippen LogP) is -0.765. The third kappa shape index (κ3) is 3.02. The van der Waals surface area contributed by atoms with Gasteiger partial charge in [0.05, 0.1) is 5.41 Å². The maximum absolute atomic E-state index is 12.1. The number of nitrogens with zero attached hydrogens (tertiary/aromatic N) is 2. The molecule has 0 aliphatic carbocycles. The average Bonchev–Trinajstić information content (AvgIpc) is 2.31. The quantitative estimate of drug-likeness (QED) is 0.379. The van der Waals surface area contributed by atoms with Gasteiger partial charge >= 0.3 is 29.6 Å². The topological polar surface area (TPSA) is 68.6 Å². The number of carbonyl (C=O) groups excluding carboxylic acids is 3. The first kappa shape index (κ1) is 17.4. The Morgan fingerprint density at radius 3 is 2.33 bits per heavy atom. The minimum absolute atomic E-state index is 0. The van der Waals surface area contributed by atoms with Gasteiger partial charge < -0.3 is 10.2 Å². The van der Waals surface area contributed by atoms with Crippen LogP contribution in [0.1, 0.15) is 33.1 Å². The maximum atomic E-state index is 12.1. The summed E-state index contributed by atoms with van der Waals surface area (Å²) in [7, 11) is 1.36. The van der Waals surface area contributed by atoms with E-state index in [2.05, 4.69) is 5.32 Å². The molecule has 0 bridgehead atoms. The van der Waals surface area contributed by atoms with Crippen molar-refractivity contribution in [2.24, 2.45) is 5.41 Å². The molecule has 1 aliphatic rings. The van der Waals surface area contributed by atoms with Crippen LogP contribution in [0.3, 0.4) is 0 Å². The van der Waals surface area contributed by atoms with Crippen LogP contribution in [0, 0.1) is 5.41 Å². The van der Waals surface area contributed by atoms with Crippen LogP contribution in [-0.2, 0) is 9.59 Å². The van der Waals surface area contributed by atoms with E-state index < -0.39 is 23.3 Å². The second-order valence-electron chi connectivity index (χ2n) is 4.08. The zero-order chi connectivity index (χ0) is 13.1. The number of hydrogen-bond acceptors (Lipinski definition) is 3. The summed E-state index contributed by atoms with van der Waals surface area (Å²) in [6.07, 6.45) is 5.19. The molecule has 0 saturated carbocycles. The Morgan fingerprint density at radius 1 is 1.22 bits per heavy atom. The summed E-state index contributed by atoms with van der Waals surface area (Å²) >= 11 is 0. The molecular weight excluding hydrogens is 243 g/mol. The molecule has 0 spiro atoms. The van der Waals surface area contributed by atoms with Gasteiger partial charge in [-0.1, -0.05) is 33.0 Å². The number of carbonyl (C=O) groups is 3. The van der Waals surface area contributed by atoms with Gasteiger partial charge in [-0.25, -0.2) is 0 Å². The molecule has 1 unspecified atom stereocenters. The van der Waals surface area contributed by atoms with Crippen LogP contribution in [0.4, 0.5) is 4.79 Å². The molecule has 1 heterocycles. The Balaban J connectivity index is 0.00000289. The van der Waals surface area contributed by atoms with Gasteiger partial charge in [-0.2, -0.15) is 0 Å². The Kier molecular flexibility index (Phi) is 6.81. The van der Waals surface area contributed by atoms with Gasteiger partial charge in [0.15, 0.2) is 17.8 Å². The van der Waals surface area contributed by atoms with Crippen molar-refractivity contribution in [2.75, 3.05) is 7.05 Å². The molecule has 6 heteroatoms. The van der Waals surface area contributed by atoms with Crippen molar-refractivity contribution < 1.29 is 43.9 Å². The number of rotatable bonds is 4. The van der Waals surface area contributed by atoms with E-state index in [-0.39, 0.29) is 29.6 Å². The molecule has 94 valence electrons. The van der Waals surface area contributed by atoms with Crippen molar-refractivity contribution in [1.29, 1.82) is 0 Å². The van der Waals surface area contributed by atoms with E-state index in [0.29, 0.717) is 12.8 Å². The zero-order valence-electron chi connectivity index (χ0n) is 11.4. The summed E-state index contributed by atoms with van der Waals surface area (Å²) in [4.78, 5) is 36.1. The molecule has 1 atom stereocenters. The number of barbiturate groups is 1. The minimum Gasteiger partial charge on any atom is -0.384 e. The third-order valence-electron chi connectivity index (χ3n) is 3.08. The fourth-order valence-electron chi connectivity index (χ4n) is 1.84. The van der Waals surface area contributed by atoms with Crippen LogP contribution in [0.2, 0.25) is 0 Å². The standard InChI is InChI=1S/C12H18N2O3.Na/c1-4-6-7-8-12(5-2)9(15)13-11(17)14(3)10(12)16;/h6-7H,4-5,8H2,1-3H3,(H,13,15,17);/q;+1/p-1/b7-6+;. The first-order valence-corrected chi connectivity index (χ1v) is 5.73. The molecule has 1 saturated heterocycles. The van der Waals surface area contributed by atoms with Crippen LogP contribution < -0.4 is 29.6 Å². The van der Waals surface area contributed by atoms with Gasteiger partial charge in [-0.3, -0.25) is 14.4 Å². The van der Waals surface area contributed by atoms with E-state index in [4.69, 9.17) is 0 Å². The van der Waals surface area contributed by atoms with E-state index in [1.54, 1.807) is 13.0 Å². The van der Waals surface area contributed by atoms with Crippen LogP contribution in [-0.4, -0.2) is 29.8 Å². The van der Waals surface area contributed by atoms with Gasteiger partial charge in [-0.15, -0.1) is 0 Å². The molecule has 5 nitrogen and oxygen atoms in total. The van der Waals surface area contributed by atoms with Crippen molar-refractivity contribution in [3.63, 3.8) is 0 Å². The summed E-state index contributed by atoms with van der Waals surface area (Å²) in [6, 6.07) is -0.774. The van der Waals surface area contributed by atoms with Crippen LogP contribution in [0.15, 0.2) is 12.2 Å². The van der Waals surface area contributed by atoms with E-state index in [0.717, 1.165) is 11.3 Å². The van der Waals surface area contributed by atoms with Crippen molar-refractivity contribution in [1.82, 2.24) is 4.90 Å². The number of imide groups is 2. The largest absolute Gasteiger partial charge is 1.00 e. The van der Waals surface area contributed by atoms with Gasteiger partial charge in [0, 0.05) is 0 Å². The van der Waals surface area contributed by atoms with Crippen LogP contribution >= 0.6 is 0 Å². The van der Waals surface area contributed by atoms with Crippen molar-refractivity contribution in [3.05, 3.63) is 17.5 Å². The van der Waals surface area contributed by atoms with Gasteiger partial charge in [0.1, 0.15) is 0 Å². The number of allylic oxidation sites excluding steroid dienone is 2. The summed E-state index contributed by atoms with van der Waals surface area (Å²) in [5.41, 5.74) is -1.19. The van der Waals surface area contributed by atoms with Crippen LogP contribution in [0.25, 0.3) is 5.32 Å². The molecule has 1 rings (SSSR count). The van der Waals surface area contributed by atoms with E-state index in [1.807, 2.05) is 13.0 Å². The maximum Gasteiger partial charge on any atom is 1.00 e. The van der Waals surface area contributed by atoms with Crippen molar-refractivity contribution >= 4 is 17.8 Å². The smallest absolute Gasteiger partial charge is 0.384 e. The zero-order valence-corrected chi connectivity index (χ0v) is 13.4. The molecule has 0 aromatic carbocycles. The summed E-state index contributed by atoms with van der Waals surface area (Å²) in [5, 5.41) is 3.41. The molecule has 0 aromatic heterocycles. The van der Waals surface area contributed by atoms with Crippen molar-refractivity contribution in [3.8, 4) is 0 Å². The molecular formula is C12H17N2NaO3. The molecule has 0 radical (unpaired) electrons. The fraction of sp³-hybridized carbons (Fsp3) is 0.583. The van der Waals surface area contributed by atoms with E-state index in [1.165, 1.54) is 7.05 Å². The number of amides is 4. The molecule has 1 aliphatic heterocycles. The minimum atomic E-state index is -1.19.